The van der Waals surface area contributed by atoms with Gasteiger partial charge in [-0.2, -0.15) is 0 Å². The van der Waals surface area contributed by atoms with Crippen molar-refractivity contribution in [1.29, 1.82) is 0 Å². The first-order valence-corrected chi connectivity index (χ1v) is 12.8. The van der Waals surface area contributed by atoms with Crippen molar-refractivity contribution >= 4 is 22.9 Å². The molecule has 3 unspecified atom stereocenters. The standard InChI is InChI=1S/C25H37N5O3S/c1-23(2,3)33-22(31)30-17-18(16-24(30,4)5)13-14-25(6,19-10-7-8-15-27-19)29-20-11-9-12-21(28-20)34(26)32/h7-12,15,18H,13-14,16-17,26H2,1-6H3,(H,28,29). The molecule has 2 aromatic heterocycles. The summed E-state index contributed by atoms with van der Waals surface area (Å²) >= 11 is 0. The average molecular weight is 488 g/mol. The van der Waals surface area contributed by atoms with Gasteiger partial charge in [-0.05, 0) is 91.0 Å². The molecule has 3 heterocycles. The van der Waals surface area contributed by atoms with Crippen LogP contribution in [-0.2, 0) is 21.3 Å². The monoisotopic (exact) mass is 487 g/mol. The Labute approximate surface area is 205 Å². The Morgan fingerprint density at radius 1 is 1.24 bits per heavy atom. The van der Waals surface area contributed by atoms with Gasteiger partial charge in [-0.3, -0.25) is 4.98 Å². The Balaban J connectivity index is 1.77. The number of carbonyl (C=O) groups is 1. The lowest BCUT2D eigenvalue weighted by atomic mass is 9.85. The highest BCUT2D eigenvalue weighted by molar-refractivity contribution is 7.82. The van der Waals surface area contributed by atoms with E-state index in [1.165, 1.54) is 0 Å². The number of rotatable bonds is 7. The number of likely N-dealkylation sites (tertiary alicyclic amines) is 1. The molecule has 0 aliphatic carbocycles. The maximum atomic E-state index is 12.8. The van der Waals surface area contributed by atoms with E-state index in [1.807, 2.05) is 49.9 Å². The molecule has 0 bridgehead atoms. The zero-order chi connectivity index (χ0) is 25.1. The average Bonchev–Trinajstić information content (AvgIpc) is 3.06. The molecule has 1 aliphatic rings. The van der Waals surface area contributed by atoms with Crippen molar-refractivity contribution in [2.24, 2.45) is 11.1 Å². The molecule has 0 saturated carbocycles. The van der Waals surface area contributed by atoms with E-state index < -0.39 is 22.1 Å². The molecule has 1 fully saturated rings. The molecule has 0 aromatic carbocycles. The van der Waals surface area contributed by atoms with Crippen molar-refractivity contribution in [1.82, 2.24) is 14.9 Å². The SMILES string of the molecule is CC(C)(C)OC(=O)N1CC(CCC(C)(Nc2cccc(S(N)=O)n2)c2ccccn2)CC1(C)C. The number of carbonyl (C=O) groups excluding carboxylic acids is 1. The highest BCUT2D eigenvalue weighted by atomic mass is 32.2. The van der Waals surface area contributed by atoms with Gasteiger partial charge in [0.1, 0.15) is 27.4 Å². The summed E-state index contributed by atoms with van der Waals surface area (Å²) in [6.45, 7) is 12.6. The Morgan fingerprint density at radius 2 is 1.97 bits per heavy atom. The van der Waals surface area contributed by atoms with Gasteiger partial charge in [0, 0.05) is 18.3 Å². The van der Waals surface area contributed by atoms with Crippen LogP contribution in [0.5, 0.6) is 0 Å². The van der Waals surface area contributed by atoms with Crippen LogP contribution in [0.4, 0.5) is 10.6 Å². The van der Waals surface area contributed by atoms with Crippen LogP contribution in [0.2, 0.25) is 0 Å². The quantitative estimate of drug-likeness (QED) is 0.590. The van der Waals surface area contributed by atoms with Crippen molar-refractivity contribution in [3.63, 3.8) is 0 Å². The van der Waals surface area contributed by atoms with Gasteiger partial charge in [0.05, 0.1) is 11.2 Å². The summed E-state index contributed by atoms with van der Waals surface area (Å²) in [5, 5.41) is 9.35. The van der Waals surface area contributed by atoms with E-state index in [0.29, 0.717) is 23.3 Å². The van der Waals surface area contributed by atoms with Crippen molar-refractivity contribution in [3.05, 3.63) is 48.3 Å². The third kappa shape index (κ3) is 6.54. The Morgan fingerprint density at radius 3 is 2.59 bits per heavy atom. The van der Waals surface area contributed by atoms with Gasteiger partial charge in [-0.15, -0.1) is 0 Å². The smallest absolute Gasteiger partial charge is 0.410 e. The predicted molar refractivity (Wildman–Crippen MR) is 134 cm³/mol. The zero-order valence-corrected chi connectivity index (χ0v) is 21.8. The van der Waals surface area contributed by atoms with E-state index in [1.54, 1.807) is 18.3 Å². The van der Waals surface area contributed by atoms with Crippen LogP contribution in [-0.4, -0.2) is 42.9 Å². The number of nitrogens with two attached hydrogens (primary N) is 1. The third-order valence-corrected chi connectivity index (χ3v) is 6.83. The Hall–Kier alpha value is -2.52. The van der Waals surface area contributed by atoms with Crippen LogP contribution in [0.1, 0.15) is 66.5 Å². The molecular formula is C25H37N5O3S. The van der Waals surface area contributed by atoms with Crippen LogP contribution in [0, 0.1) is 5.92 Å². The molecule has 0 spiro atoms. The fourth-order valence-corrected chi connectivity index (χ4v) is 4.94. The summed E-state index contributed by atoms with van der Waals surface area (Å²) in [6, 6.07) is 11.1. The van der Waals surface area contributed by atoms with Crippen molar-refractivity contribution < 1.29 is 13.7 Å². The number of ether oxygens (including phenoxy) is 1. The highest BCUT2D eigenvalue weighted by Gasteiger charge is 2.43. The van der Waals surface area contributed by atoms with E-state index in [9.17, 15) is 9.00 Å². The maximum Gasteiger partial charge on any atom is 0.410 e. The number of anilines is 1. The summed E-state index contributed by atoms with van der Waals surface area (Å²) in [5.41, 5.74) is -0.436. The van der Waals surface area contributed by atoms with E-state index in [0.717, 1.165) is 25.0 Å². The predicted octanol–water partition coefficient (Wildman–Crippen LogP) is 4.60. The minimum Gasteiger partial charge on any atom is -0.444 e. The summed E-state index contributed by atoms with van der Waals surface area (Å²) in [4.78, 5) is 23.7. The first-order valence-electron chi connectivity index (χ1n) is 11.6. The molecule has 3 atom stereocenters. The molecule has 9 heteroatoms. The van der Waals surface area contributed by atoms with Gasteiger partial charge >= 0.3 is 6.09 Å². The van der Waals surface area contributed by atoms with E-state index in [4.69, 9.17) is 9.88 Å². The number of nitrogens with one attached hydrogen (secondary N) is 1. The topological polar surface area (TPSA) is 110 Å². The summed E-state index contributed by atoms with van der Waals surface area (Å²) in [6.07, 6.45) is 4.05. The molecule has 0 radical (unpaired) electrons. The third-order valence-electron chi connectivity index (χ3n) is 6.19. The van der Waals surface area contributed by atoms with E-state index in [-0.39, 0.29) is 11.6 Å². The van der Waals surface area contributed by atoms with Crippen LogP contribution < -0.4 is 10.5 Å². The van der Waals surface area contributed by atoms with Crippen LogP contribution in [0.15, 0.2) is 47.6 Å². The van der Waals surface area contributed by atoms with Crippen molar-refractivity contribution in [2.75, 3.05) is 11.9 Å². The van der Waals surface area contributed by atoms with Gasteiger partial charge in [-0.1, -0.05) is 12.1 Å². The van der Waals surface area contributed by atoms with Gasteiger partial charge in [0.2, 0.25) is 0 Å². The molecule has 1 amide bonds. The van der Waals surface area contributed by atoms with Gasteiger partial charge in [-0.25, -0.2) is 19.1 Å². The molecule has 186 valence electrons. The summed E-state index contributed by atoms with van der Waals surface area (Å²) < 4.78 is 17.4. The molecule has 3 N–H and O–H groups in total. The molecule has 2 aromatic rings. The van der Waals surface area contributed by atoms with Crippen LogP contribution >= 0.6 is 0 Å². The van der Waals surface area contributed by atoms with Crippen molar-refractivity contribution in [2.45, 2.75) is 82.5 Å². The number of pyridine rings is 2. The first-order chi connectivity index (χ1) is 15.8. The Kier molecular flexibility index (Phi) is 7.67. The summed E-state index contributed by atoms with van der Waals surface area (Å²) in [7, 11) is -1.66. The number of aromatic nitrogens is 2. The van der Waals surface area contributed by atoms with Gasteiger partial charge in [0.15, 0.2) is 0 Å². The van der Waals surface area contributed by atoms with Crippen molar-refractivity contribution in [3.8, 4) is 0 Å². The normalized spacial score (nSPS) is 20.4. The second-order valence-corrected chi connectivity index (χ2v) is 11.9. The van der Waals surface area contributed by atoms with Crippen LogP contribution in [0.25, 0.3) is 0 Å². The molecule has 8 nitrogen and oxygen atoms in total. The second-order valence-electron chi connectivity index (χ2n) is 10.8. The second kappa shape index (κ2) is 10.00. The number of amides is 1. The molecule has 3 rings (SSSR count). The number of hydrogen-bond donors (Lipinski definition) is 2. The lowest BCUT2D eigenvalue weighted by molar-refractivity contribution is 0.0130. The number of hydrogen-bond acceptors (Lipinski definition) is 6. The van der Waals surface area contributed by atoms with Gasteiger partial charge in [0.25, 0.3) is 0 Å². The fourth-order valence-electron chi connectivity index (χ4n) is 4.53. The molecular weight excluding hydrogens is 450 g/mol. The minimum absolute atomic E-state index is 0.263. The summed E-state index contributed by atoms with van der Waals surface area (Å²) in [5.74, 6) is 0.912. The molecule has 34 heavy (non-hydrogen) atoms. The minimum atomic E-state index is -1.66. The van der Waals surface area contributed by atoms with Crippen LogP contribution in [0.3, 0.4) is 0 Å². The maximum absolute atomic E-state index is 12.8. The number of nitrogens with zero attached hydrogens (tertiary/aromatic N) is 3. The highest BCUT2D eigenvalue weighted by Crippen LogP contribution is 2.39. The molecule has 1 aliphatic heterocycles. The van der Waals surface area contributed by atoms with E-state index >= 15 is 0 Å². The van der Waals surface area contributed by atoms with Gasteiger partial charge < -0.3 is 15.0 Å². The lowest BCUT2D eigenvalue weighted by Gasteiger charge is -2.33. The first kappa shape index (κ1) is 26.1. The molecule has 1 saturated heterocycles. The Bertz CT molecular complexity index is 1020. The van der Waals surface area contributed by atoms with E-state index in [2.05, 4.69) is 36.1 Å². The fraction of sp³-hybridized carbons (Fsp3) is 0.560. The lowest BCUT2D eigenvalue weighted by Crippen LogP contribution is -2.45. The largest absolute Gasteiger partial charge is 0.444 e. The zero-order valence-electron chi connectivity index (χ0n) is 21.0.